The standard InChI is InChI=1S/C16H20FNO2S/c1-20-15(19)16(11-5-6-11,18-13-7-8-13)10-21-14-4-2-3-12(17)9-14/h2-4,9,11,13,18H,5-8,10H2,1H3. The van der Waals surface area contributed by atoms with Crippen molar-refractivity contribution in [3.8, 4) is 0 Å². The molecule has 1 N–H and O–H groups in total. The molecule has 21 heavy (non-hydrogen) atoms. The molecule has 3 nitrogen and oxygen atoms in total. The Hall–Kier alpha value is -1.07. The molecule has 0 bridgehead atoms. The van der Waals surface area contributed by atoms with E-state index in [1.54, 1.807) is 6.07 Å². The second kappa shape index (κ2) is 5.97. The van der Waals surface area contributed by atoms with Crippen molar-refractivity contribution >= 4 is 17.7 Å². The third-order valence-electron chi connectivity index (χ3n) is 4.13. The van der Waals surface area contributed by atoms with Gasteiger partial charge in [-0.1, -0.05) is 6.07 Å². The Morgan fingerprint density at radius 1 is 1.43 bits per heavy atom. The monoisotopic (exact) mass is 309 g/mol. The first-order valence-electron chi connectivity index (χ1n) is 7.38. The Balaban J connectivity index is 1.75. The van der Waals surface area contributed by atoms with Crippen LogP contribution in [0, 0.1) is 11.7 Å². The predicted octanol–water partition coefficient (Wildman–Crippen LogP) is 2.99. The van der Waals surface area contributed by atoms with Crippen molar-refractivity contribution in [3.63, 3.8) is 0 Å². The lowest BCUT2D eigenvalue weighted by Crippen LogP contribution is -2.57. The molecule has 1 atom stereocenters. The van der Waals surface area contributed by atoms with Crippen molar-refractivity contribution in [1.82, 2.24) is 5.32 Å². The Labute approximate surface area is 128 Å². The van der Waals surface area contributed by atoms with Gasteiger partial charge >= 0.3 is 5.97 Å². The SMILES string of the molecule is COC(=O)C(CSc1cccc(F)c1)(NC1CC1)C1CC1. The molecule has 1 unspecified atom stereocenters. The largest absolute Gasteiger partial charge is 0.468 e. The van der Waals surface area contributed by atoms with Crippen molar-refractivity contribution in [2.45, 2.75) is 42.2 Å². The first-order chi connectivity index (χ1) is 10.1. The first kappa shape index (κ1) is 14.9. The zero-order chi connectivity index (χ0) is 14.9. The number of carbonyl (C=O) groups is 1. The second-order valence-electron chi connectivity index (χ2n) is 5.90. The van der Waals surface area contributed by atoms with E-state index in [9.17, 15) is 9.18 Å². The van der Waals surface area contributed by atoms with Gasteiger partial charge in [-0.3, -0.25) is 10.1 Å². The molecule has 0 radical (unpaired) electrons. The van der Waals surface area contributed by atoms with Crippen molar-refractivity contribution in [1.29, 1.82) is 0 Å². The molecule has 0 heterocycles. The molecular formula is C16H20FNO2S. The van der Waals surface area contributed by atoms with Crippen LogP contribution in [0.2, 0.25) is 0 Å². The van der Waals surface area contributed by atoms with Gasteiger partial charge in [-0.2, -0.15) is 0 Å². The summed E-state index contributed by atoms with van der Waals surface area (Å²) in [5.74, 6) is 0.502. The van der Waals surface area contributed by atoms with Crippen LogP contribution in [0.4, 0.5) is 4.39 Å². The van der Waals surface area contributed by atoms with Gasteiger partial charge in [-0.15, -0.1) is 11.8 Å². The molecule has 1 aromatic carbocycles. The van der Waals surface area contributed by atoms with Crippen molar-refractivity contribution in [2.24, 2.45) is 5.92 Å². The summed E-state index contributed by atoms with van der Waals surface area (Å²) in [5.41, 5.74) is -0.618. The van der Waals surface area contributed by atoms with Gasteiger partial charge in [-0.05, 0) is 49.8 Å². The molecule has 2 fully saturated rings. The van der Waals surface area contributed by atoms with Crippen LogP contribution in [0.25, 0.3) is 0 Å². The zero-order valence-corrected chi connectivity index (χ0v) is 12.9. The summed E-state index contributed by atoms with van der Waals surface area (Å²) < 4.78 is 18.4. The minimum atomic E-state index is -0.618. The molecule has 0 aromatic heterocycles. The minimum absolute atomic E-state index is 0.180. The van der Waals surface area contributed by atoms with Gasteiger partial charge in [0.05, 0.1) is 7.11 Å². The molecule has 0 aliphatic heterocycles. The molecule has 2 saturated carbocycles. The van der Waals surface area contributed by atoms with Crippen molar-refractivity contribution in [2.75, 3.05) is 12.9 Å². The average molecular weight is 309 g/mol. The number of benzene rings is 1. The summed E-state index contributed by atoms with van der Waals surface area (Å²) in [6, 6.07) is 6.94. The van der Waals surface area contributed by atoms with Gasteiger partial charge in [0.15, 0.2) is 0 Å². The van der Waals surface area contributed by atoms with E-state index in [1.165, 1.54) is 31.0 Å². The van der Waals surface area contributed by atoms with E-state index in [-0.39, 0.29) is 11.8 Å². The molecule has 0 amide bonds. The van der Waals surface area contributed by atoms with Gasteiger partial charge in [0.25, 0.3) is 0 Å². The summed E-state index contributed by atoms with van der Waals surface area (Å²) in [7, 11) is 1.45. The van der Waals surface area contributed by atoms with Crippen LogP contribution in [0.3, 0.4) is 0 Å². The second-order valence-corrected chi connectivity index (χ2v) is 6.95. The van der Waals surface area contributed by atoms with Gasteiger partial charge in [0.2, 0.25) is 0 Å². The van der Waals surface area contributed by atoms with E-state index in [0.717, 1.165) is 30.6 Å². The van der Waals surface area contributed by atoms with Gasteiger partial charge in [-0.25, -0.2) is 4.39 Å². The fraction of sp³-hybridized carbons (Fsp3) is 0.562. The number of hydrogen-bond acceptors (Lipinski definition) is 4. The Kier molecular flexibility index (Phi) is 4.22. The van der Waals surface area contributed by atoms with E-state index >= 15 is 0 Å². The van der Waals surface area contributed by atoms with Crippen LogP contribution in [-0.2, 0) is 9.53 Å². The number of rotatable bonds is 7. The molecular weight excluding hydrogens is 289 g/mol. The number of ether oxygens (including phenoxy) is 1. The van der Waals surface area contributed by atoms with Crippen molar-refractivity contribution < 1.29 is 13.9 Å². The predicted molar refractivity (Wildman–Crippen MR) is 80.8 cm³/mol. The fourth-order valence-electron chi connectivity index (χ4n) is 2.67. The maximum absolute atomic E-state index is 13.3. The first-order valence-corrected chi connectivity index (χ1v) is 8.37. The Morgan fingerprint density at radius 2 is 2.19 bits per heavy atom. The maximum Gasteiger partial charge on any atom is 0.327 e. The van der Waals surface area contributed by atoms with Gasteiger partial charge in [0.1, 0.15) is 11.4 Å². The van der Waals surface area contributed by atoms with E-state index < -0.39 is 5.54 Å². The highest BCUT2D eigenvalue weighted by molar-refractivity contribution is 7.99. The molecule has 5 heteroatoms. The molecule has 0 spiro atoms. The van der Waals surface area contributed by atoms with E-state index in [0.29, 0.717) is 17.7 Å². The maximum atomic E-state index is 13.3. The van der Waals surface area contributed by atoms with Crippen LogP contribution < -0.4 is 5.32 Å². The lowest BCUT2D eigenvalue weighted by atomic mass is 9.95. The number of halogens is 1. The Bertz CT molecular complexity index is 531. The zero-order valence-electron chi connectivity index (χ0n) is 12.1. The third-order valence-corrected chi connectivity index (χ3v) is 5.31. The Morgan fingerprint density at radius 3 is 2.76 bits per heavy atom. The number of esters is 1. The van der Waals surface area contributed by atoms with Crippen LogP contribution in [0.1, 0.15) is 25.7 Å². The molecule has 3 rings (SSSR count). The van der Waals surface area contributed by atoms with Crippen LogP contribution >= 0.6 is 11.8 Å². The molecule has 2 aliphatic carbocycles. The third kappa shape index (κ3) is 3.40. The number of thioether (sulfide) groups is 1. The minimum Gasteiger partial charge on any atom is -0.468 e. The number of nitrogens with one attached hydrogen (secondary N) is 1. The highest BCUT2D eigenvalue weighted by Crippen LogP contribution is 2.44. The van der Waals surface area contributed by atoms with E-state index in [2.05, 4.69) is 5.32 Å². The number of hydrogen-bond donors (Lipinski definition) is 1. The molecule has 2 aliphatic rings. The average Bonchev–Trinajstić information content (AvgIpc) is 3.36. The number of carbonyl (C=O) groups excluding carboxylic acids is 1. The summed E-state index contributed by atoms with van der Waals surface area (Å²) >= 11 is 1.52. The summed E-state index contributed by atoms with van der Waals surface area (Å²) in [4.78, 5) is 13.2. The molecule has 1 aromatic rings. The topological polar surface area (TPSA) is 38.3 Å². The van der Waals surface area contributed by atoms with Crippen LogP contribution in [0.15, 0.2) is 29.2 Å². The highest BCUT2D eigenvalue weighted by atomic mass is 32.2. The van der Waals surface area contributed by atoms with Gasteiger partial charge < -0.3 is 4.74 Å². The summed E-state index contributed by atoms with van der Waals surface area (Å²) in [5, 5.41) is 3.51. The summed E-state index contributed by atoms with van der Waals surface area (Å²) in [6.45, 7) is 0. The summed E-state index contributed by atoms with van der Waals surface area (Å²) in [6.07, 6.45) is 4.35. The lowest BCUT2D eigenvalue weighted by Gasteiger charge is -2.32. The number of methoxy groups -OCH3 is 1. The lowest BCUT2D eigenvalue weighted by molar-refractivity contribution is -0.148. The van der Waals surface area contributed by atoms with Crippen molar-refractivity contribution in [3.05, 3.63) is 30.1 Å². The van der Waals surface area contributed by atoms with Gasteiger partial charge in [0, 0.05) is 16.7 Å². The molecule has 114 valence electrons. The van der Waals surface area contributed by atoms with Crippen LogP contribution in [0.5, 0.6) is 0 Å². The smallest absolute Gasteiger partial charge is 0.327 e. The normalized spacial score (nSPS) is 20.9. The fourth-order valence-corrected chi connectivity index (χ4v) is 3.87. The molecule has 0 saturated heterocycles. The van der Waals surface area contributed by atoms with E-state index in [4.69, 9.17) is 4.74 Å². The van der Waals surface area contributed by atoms with E-state index in [1.807, 2.05) is 6.07 Å². The quantitative estimate of drug-likeness (QED) is 0.621. The van der Waals surface area contributed by atoms with Crippen LogP contribution in [-0.4, -0.2) is 30.4 Å². The highest BCUT2D eigenvalue weighted by Gasteiger charge is 2.53.